The Kier molecular flexibility index (Phi) is 6.37. The molecular formula is C23H22F3N3O4. The first-order valence-electron chi connectivity index (χ1n) is 10.6. The van der Waals surface area contributed by atoms with E-state index in [4.69, 9.17) is 4.74 Å². The number of alkyl halides is 3. The fourth-order valence-corrected chi connectivity index (χ4v) is 3.50. The lowest BCUT2D eigenvalue weighted by Crippen LogP contribution is -2.27. The van der Waals surface area contributed by atoms with Crippen LogP contribution in [-0.2, 0) is 20.5 Å². The number of hydrogen-bond acceptors (Lipinski definition) is 4. The van der Waals surface area contributed by atoms with Crippen molar-refractivity contribution in [3.05, 3.63) is 53.6 Å². The molecule has 2 aromatic rings. The lowest BCUT2D eigenvalue weighted by Gasteiger charge is -2.16. The minimum absolute atomic E-state index is 0.0102. The van der Waals surface area contributed by atoms with Crippen LogP contribution in [0, 0.1) is 5.92 Å². The molecule has 7 nitrogen and oxygen atoms in total. The molecule has 3 amide bonds. The number of rotatable bonds is 6. The molecular weight excluding hydrogens is 439 g/mol. The first-order chi connectivity index (χ1) is 15.7. The third-order valence-corrected chi connectivity index (χ3v) is 5.40. The molecule has 1 unspecified atom stereocenters. The maximum absolute atomic E-state index is 13.6. The maximum atomic E-state index is 13.6. The van der Waals surface area contributed by atoms with E-state index < -0.39 is 29.4 Å². The lowest BCUT2D eigenvalue weighted by molar-refractivity contribution is -0.137. The van der Waals surface area contributed by atoms with E-state index in [0.717, 1.165) is 31.4 Å². The molecule has 0 spiro atoms. The van der Waals surface area contributed by atoms with Crippen LogP contribution < -0.4 is 16.0 Å². The summed E-state index contributed by atoms with van der Waals surface area (Å²) in [6, 6.07) is 9.10. The summed E-state index contributed by atoms with van der Waals surface area (Å²) in [5.74, 6) is -1.59. The molecule has 0 radical (unpaired) electrons. The monoisotopic (exact) mass is 461 g/mol. The van der Waals surface area contributed by atoms with Gasteiger partial charge in [0.05, 0.1) is 11.3 Å². The molecule has 3 N–H and O–H groups in total. The molecule has 2 aromatic carbocycles. The number of amides is 3. The highest BCUT2D eigenvalue weighted by atomic mass is 19.4. The van der Waals surface area contributed by atoms with E-state index in [1.54, 1.807) is 6.07 Å². The molecule has 1 saturated carbocycles. The maximum Gasteiger partial charge on any atom is 0.418 e. The minimum atomic E-state index is -4.75. The van der Waals surface area contributed by atoms with Gasteiger partial charge in [0, 0.05) is 29.5 Å². The Morgan fingerprint density at radius 1 is 0.879 bits per heavy atom. The second-order valence-electron chi connectivity index (χ2n) is 8.05. The van der Waals surface area contributed by atoms with Crippen molar-refractivity contribution in [2.75, 3.05) is 22.6 Å². The average molecular weight is 461 g/mol. The Morgan fingerprint density at radius 3 is 2.27 bits per heavy atom. The van der Waals surface area contributed by atoms with Gasteiger partial charge in [-0.2, -0.15) is 13.2 Å². The highest BCUT2D eigenvalue weighted by molar-refractivity contribution is 6.06. The van der Waals surface area contributed by atoms with Gasteiger partial charge in [0.25, 0.3) is 11.8 Å². The third kappa shape index (κ3) is 5.70. The molecule has 0 bridgehead atoms. The molecule has 1 saturated heterocycles. The normalized spacial score (nSPS) is 18.0. The van der Waals surface area contributed by atoms with Crippen LogP contribution in [-0.4, -0.2) is 30.4 Å². The van der Waals surface area contributed by atoms with E-state index >= 15 is 0 Å². The topological polar surface area (TPSA) is 96.5 Å². The summed E-state index contributed by atoms with van der Waals surface area (Å²) in [5, 5.41) is 7.41. The SMILES string of the molecule is O=C(Nc1ccc(NC(=O)C2CC2)cc1C(F)(F)F)c1cccc(NC(=O)C2CCCO2)c1. The molecule has 10 heteroatoms. The van der Waals surface area contributed by atoms with Gasteiger partial charge < -0.3 is 20.7 Å². The minimum Gasteiger partial charge on any atom is -0.368 e. The van der Waals surface area contributed by atoms with Crippen LogP contribution in [0.3, 0.4) is 0 Å². The Hall–Kier alpha value is -3.40. The van der Waals surface area contributed by atoms with Crippen molar-refractivity contribution in [2.45, 2.75) is 38.0 Å². The van der Waals surface area contributed by atoms with E-state index in [1.807, 2.05) is 0 Å². The number of benzene rings is 2. The highest BCUT2D eigenvalue weighted by Crippen LogP contribution is 2.37. The Bertz CT molecular complexity index is 1080. The van der Waals surface area contributed by atoms with Crippen LogP contribution in [0.5, 0.6) is 0 Å². The summed E-state index contributed by atoms with van der Waals surface area (Å²) in [5.41, 5.74) is -1.11. The van der Waals surface area contributed by atoms with E-state index in [2.05, 4.69) is 16.0 Å². The number of carbonyl (C=O) groups excluding carboxylic acids is 3. The molecule has 2 fully saturated rings. The smallest absolute Gasteiger partial charge is 0.368 e. The number of ether oxygens (including phenoxy) is 1. The fourth-order valence-electron chi connectivity index (χ4n) is 3.50. The molecule has 1 aliphatic carbocycles. The Labute approximate surface area is 187 Å². The largest absolute Gasteiger partial charge is 0.418 e. The first-order valence-corrected chi connectivity index (χ1v) is 10.6. The summed E-state index contributed by atoms with van der Waals surface area (Å²) in [4.78, 5) is 36.7. The molecule has 1 aliphatic heterocycles. The predicted octanol–water partition coefficient (Wildman–Crippen LogP) is 4.42. The van der Waals surface area contributed by atoms with Gasteiger partial charge in [-0.15, -0.1) is 0 Å². The van der Waals surface area contributed by atoms with Gasteiger partial charge in [0.1, 0.15) is 6.10 Å². The number of halogens is 3. The van der Waals surface area contributed by atoms with Crippen molar-refractivity contribution in [1.82, 2.24) is 0 Å². The quantitative estimate of drug-likeness (QED) is 0.593. The fraction of sp³-hybridized carbons (Fsp3) is 0.348. The highest BCUT2D eigenvalue weighted by Gasteiger charge is 2.35. The van der Waals surface area contributed by atoms with Gasteiger partial charge >= 0.3 is 6.18 Å². The van der Waals surface area contributed by atoms with E-state index in [0.29, 0.717) is 18.7 Å². The molecule has 33 heavy (non-hydrogen) atoms. The standard InChI is InChI=1S/C23H22F3N3O4/c24-23(25,26)17-12-16(27-20(30)13-6-7-13)8-9-18(17)29-21(31)14-3-1-4-15(11-14)28-22(32)19-5-2-10-33-19/h1,3-4,8-9,11-13,19H,2,5-7,10H2,(H,27,30)(H,28,32)(H,29,31). The summed E-state index contributed by atoms with van der Waals surface area (Å²) in [6.07, 6.45) is -2.48. The lowest BCUT2D eigenvalue weighted by atomic mass is 10.1. The zero-order chi connectivity index (χ0) is 23.6. The Morgan fingerprint density at radius 2 is 1.61 bits per heavy atom. The van der Waals surface area contributed by atoms with Gasteiger partial charge in [-0.25, -0.2) is 0 Å². The third-order valence-electron chi connectivity index (χ3n) is 5.40. The number of anilines is 3. The van der Waals surface area contributed by atoms with Crippen LogP contribution in [0.4, 0.5) is 30.2 Å². The van der Waals surface area contributed by atoms with Crippen LogP contribution in [0.1, 0.15) is 41.6 Å². The van der Waals surface area contributed by atoms with Crippen molar-refractivity contribution in [2.24, 2.45) is 5.92 Å². The van der Waals surface area contributed by atoms with Crippen LogP contribution >= 0.6 is 0 Å². The van der Waals surface area contributed by atoms with Gasteiger partial charge in [0.15, 0.2) is 0 Å². The van der Waals surface area contributed by atoms with Crippen molar-refractivity contribution in [1.29, 1.82) is 0 Å². The van der Waals surface area contributed by atoms with Gasteiger partial charge in [-0.05, 0) is 62.1 Å². The summed E-state index contributed by atoms with van der Waals surface area (Å²) < 4.78 is 46.2. The Balaban J connectivity index is 1.49. The molecule has 2 aliphatic rings. The number of hydrogen-bond donors (Lipinski definition) is 3. The van der Waals surface area contributed by atoms with E-state index in [9.17, 15) is 27.6 Å². The summed E-state index contributed by atoms with van der Waals surface area (Å²) in [6.45, 7) is 0.505. The number of nitrogens with one attached hydrogen (secondary N) is 3. The number of carbonyl (C=O) groups is 3. The summed E-state index contributed by atoms with van der Waals surface area (Å²) in [7, 11) is 0. The van der Waals surface area contributed by atoms with Crippen molar-refractivity contribution in [3.8, 4) is 0 Å². The van der Waals surface area contributed by atoms with Gasteiger partial charge in [0.2, 0.25) is 5.91 Å². The van der Waals surface area contributed by atoms with Gasteiger partial charge in [-0.1, -0.05) is 6.07 Å². The molecule has 1 heterocycles. The molecule has 4 rings (SSSR count). The second kappa shape index (κ2) is 9.22. The zero-order valence-electron chi connectivity index (χ0n) is 17.5. The zero-order valence-corrected chi connectivity index (χ0v) is 17.5. The second-order valence-corrected chi connectivity index (χ2v) is 8.05. The van der Waals surface area contributed by atoms with Crippen molar-refractivity contribution < 1.29 is 32.3 Å². The van der Waals surface area contributed by atoms with E-state index in [-0.39, 0.29) is 29.0 Å². The predicted molar refractivity (Wildman–Crippen MR) is 115 cm³/mol. The van der Waals surface area contributed by atoms with Crippen molar-refractivity contribution in [3.63, 3.8) is 0 Å². The molecule has 0 aromatic heterocycles. The van der Waals surface area contributed by atoms with Crippen LogP contribution in [0.2, 0.25) is 0 Å². The van der Waals surface area contributed by atoms with E-state index in [1.165, 1.54) is 24.3 Å². The van der Waals surface area contributed by atoms with Gasteiger partial charge in [-0.3, -0.25) is 14.4 Å². The molecule has 174 valence electrons. The van der Waals surface area contributed by atoms with Crippen molar-refractivity contribution >= 4 is 34.8 Å². The van der Waals surface area contributed by atoms with Crippen LogP contribution in [0.25, 0.3) is 0 Å². The first kappa shape index (κ1) is 22.8. The van der Waals surface area contributed by atoms with Crippen LogP contribution in [0.15, 0.2) is 42.5 Å². The average Bonchev–Trinajstić information content (AvgIpc) is 3.48. The summed E-state index contributed by atoms with van der Waals surface area (Å²) >= 11 is 0. The molecule has 1 atom stereocenters.